The average Bonchev–Trinajstić information content (AvgIpc) is 2.56. The molecule has 1 aliphatic heterocycles. The Morgan fingerprint density at radius 1 is 1.20 bits per heavy atom. The van der Waals surface area contributed by atoms with Gasteiger partial charge in [-0.15, -0.1) is 0 Å². The standard InChI is InChI=1S/C9H10N2O4/c12-8(13)6-5-3-1-2-4-11(5)7(10-6)9(14)15/h1-4H2,(H,12,13)(H,14,15). The van der Waals surface area contributed by atoms with Crippen LogP contribution in [0.2, 0.25) is 0 Å². The van der Waals surface area contributed by atoms with E-state index in [2.05, 4.69) is 4.98 Å². The van der Waals surface area contributed by atoms with E-state index in [4.69, 9.17) is 10.2 Å². The SMILES string of the molecule is O=C(O)c1nc(C(=O)O)n2c1CCCC2. The maximum absolute atomic E-state index is 10.8. The van der Waals surface area contributed by atoms with Crippen molar-refractivity contribution in [1.29, 1.82) is 0 Å². The predicted molar refractivity (Wildman–Crippen MR) is 49.1 cm³/mol. The first-order valence-corrected chi connectivity index (χ1v) is 4.67. The molecule has 2 N–H and O–H groups in total. The minimum Gasteiger partial charge on any atom is -0.476 e. The number of fused-ring (bicyclic) bond motifs is 1. The summed E-state index contributed by atoms with van der Waals surface area (Å²) < 4.78 is 1.50. The Hall–Kier alpha value is -1.85. The molecule has 6 heteroatoms. The fourth-order valence-corrected chi connectivity index (χ4v) is 1.88. The molecule has 0 bridgehead atoms. The van der Waals surface area contributed by atoms with Gasteiger partial charge in [0.25, 0.3) is 0 Å². The van der Waals surface area contributed by atoms with Crippen LogP contribution in [-0.2, 0) is 13.0 Å². The fourth-order valence-electron chi connectivity index (χ4n) is 1.88. The third-order valence-electron chi connectivity index (χ3n) is 2.51. The predicted octanol–water partition coefficient (Wildman–Crippen LogP) is 0.616. The zero-order valence-electron chi connectivity index (χ0n) is 7.93. The highest BCUT2D eigenvalue weighted by atomic mass is 16.4. The van der Waals surface area contributed by atoms with Crippen molar-refractivity contribution in [1.82, 2.24) is 9.55 Å². The molecular weight excluding hydrogens is 200 g/mol. The van der Waals surface area contributed by atoms with E-state index in [1.165, 1.54) is 4.57 Å². The number of carbonyl (C=O) groups is 2. The van der Waals surface area contributed by atoms with Crippen molar-refractivity contribution < 1.29 is 19.8 Å². The molecule has 0 saturated heterocycles. The number of aromatic carboxylic acids is 2. The summed E-state index contributed by atoms with van der Waals surface area (Å²) >= 11 is 0. The molecule has 0 unspecified atom stereocenters. The van der Waals surface area contributed by atoms with Crippen molar-refractivity contribution in [2.75, 3.05) is 0 Å². The summed E-state index contributed by atoms with van der Waals surface area (Å²) in [6, 6.07) is 0. The van der Waals surface area contributed by atoms with Gasteiger partial charge < -0.3 is 14.8 Å². The molecule has 1 aromatic heterocycles. The highest BCUT2D eigenvalue weighted by molar-refractivity contribution is 5.90. The van der Waals surface area contributed by atoms with Crippen molar-refractivity contribution in [3.63, 3.8) is 0 Å². The molecule has 1 aliphatic rings. The Kier molecular flexibility index (Phi) is 2.18. The molecule has 1 aromatic rings. The second kappa shape index (κ2) is 3.38. The first-order valence-electron chi connectivity index (χ1n) is 4.67. The van der Waals surface area contributed by atoms with E-state index in [1.54, 1.807) is 0 Å². The Morgan fingerprint density at radius 2 is 1.93 bits per heavy atom. The fraction of sp³-hybridized carbons (Fsp3) is 0.444. The second-order valence-corrected chi connectivity index (χ2v) is 3.45. The van der Waals surface area contributed by atoms with Crippen LogP contribution >= 0.6 is 0 Å². The Balaban J connectivity index is 2.59. The lowest BCUT2D eigenvalue weighted by atomic mass is 10.1. The topological polar surface area (TPSA) is 92.4 Å². The Labute approximate surface area is 85.2 Å². The third kappa shape index (κ3) is 1.47. The van der Waals surface area contributed by atoms with Crippen LogP contribution in [0.3, 0.4) is 0 Å². The molecule has 0 amide bonds. The number of imidazole rings is 1. The summed E-state index contributed by atoms with van der Waals surface area (Å²) in [4.78, 5) is 25.3. The molecule has 6 nitrogen and oxygen atoms in total. The molecule has 0 spiro atoms. The Morgan fingerprint density at radius 3 is 2.53 bits per heavy atom. The number of rotatable bonds is 2. The first kappa shape index (κ1) is 9.70. The molecule has 80 valence electrons. The van der Waals surface area contributed by atoms with Gasteiger partial charge in [0, 0.05) is 6.54 Å². The third-order valence-corrected chi connectivity index (χ3v) is 2.51. The smallest absolute Gasteiger partial charge is 0.372 e. The van der Waals surface area contributed by atoms with E-state index in [0.29, 0.717) is 18.7 Å². The van der Waals surface area contributed by atoms with E-state index in [9.17, 15) is 9.59 Å². The summed E-state index contributed by atoms with van der Waals surface area (Å²) in [7, 11) is 0. The molecule has 0 radical (unpaired) electrons. The molecule has 0 atom stereocenters. The summed E-state index contributed by atoms with van der Waals surface area (Å²) in [5, 5.41) is 17.7. The number of aromatic nitrogens is 2. The molecule has 0 fully saturated rings. The van der Waals surface area contributed by atoms with Gasteiger partial charge in [-0.2, -0.15) is 0 Å². The van der Waals surface area contributed by atoms with E-state index in [0.717, 1.165) is 12.8 Å². The number of nitrogens with zero attached hydrogens (tertiary/aromatic N) is 2. The number of hydrogen-bond donors (Lipinski definition) is 2. The monoisotopic (exact) mass is 210 g/mol. The van der Waals surface area contributed by atoms with Gasteiger partial charge in [-0.25, -0.2) is 14.6 Å². The first-order chi connectivity index (χ1) is 7.11. The largest absolute Gasteiger partial charge is 0.476 e. The zero-order valence-corrected chi connectivity index (χ0v) is 7.93. The number of carboxylic acid groups (broad SMARTS) is 2. The van der Waals surface area contributed by atoms with Gasteiger partial charge in [-0.05, 0) is 19.3 Å². The molecular formula is C9H10N2O4. The van der Waals surface area contributed by atoms with E-state index in [-0.39, 0.29) is 11.5 Å². The molecule has 0 aliphatic carbocycles. The molecule has 2 heterocycles. The van der Waals surface area contributed by atoms with Crippen LogP contribution in [0.15, 0.2) is 0 Å². The highest BCUT2D eigenvalue weighted by Gasteiger charge is 2.26. The highest BCUT2D eigenvalue weighted by Crippen LogP contribution is 2.20. The Bertz CT molecular complexity index is 397. The van der Waals surface area contributed by atoms with E-state index >= 15 is 0 Å². The summed E-state index contributed by atoms with van der Waals surface area (Å²) in [5.41, 5.74) is 0.415. The van der Waals surface area contributed by atoms with E-state index in [1.807, 2.05) is 0 Å². The van der Waals surface area contributed by atoms with Crippen LogP contribution < -0.4 is 0 Å². The van der Waals surface area contributed by atoms with Crippen molar-refractivity contribution in [2.45, 2.75) is 25.8 Å². The van der Waals surface area contributed by atoms with E-state index < -0.39 is 11.9 Å². The van der Waals surface area contributed by atoms with Gasteiger partial charge in [-0.3, -0.25) is 0 Å². The molecule has 0 aromatic carbocycles. The van der Waals surface area contributed by atoms with Gasteiger partial charge in [0.1, 0.15) is 0 Å². The molecule has 15 heavy (non-hydrogen) atoms. The molecule has 0 saturated carbocycles. The van der Waals surface area contributed by atoms with Gasteiger partial charge in [0.05, 0.1) is 5.69 Å². The maximum atomic E-state index is 10.8. The normalized spacial score (nSPS) is 14.7. The van der Waals surface area contributed by atoms with Gasteiger partial charge in [0.15, 0.2) is 5.69 Å². The minimum atomic E-state index is -1.18. The van der Waals surface area contributed by atoms with Crippen LogP contribution in [-0.4, -0.2) is 31.7 Å². The van der Waals surface area contributed by atoms with Crippen molar-refractivity contribution in [2.24, 2.45) is 0 Å². The lowest BCUT2D eigenvalue weighted by Gasteiger charge is -2.15. The summed E-state index contributed by atoms with van der Waals surface area (Å²) in [5.74, 6) is -2.50. The summed E-state index contributed by atoms with van der Waals surface area (Å²) in [6.07, 6.45) is 2.33. The average molecular weight is 210 g/mol. The minimum absolute atomic E-state index is 0.118. The lowest BCUT2D eigenvalue weighted by Crippen LogP contribution is -2.16. The molecule has 2 rings (SSSR count). The zero-order chi connectivity index (χ0) is 11.0. The van der Waals surface area contributed by atoms with Crippen LogP contribution in [0.5, 0.6) is 0 Å². The number of hydrogen-bond acceptors (Lipinski definition) is 3. The van der Waals surface area contributed by atoms with Crippen LogP contribution in [0, 0.1) is 0 Å². The summed E-state index contributed by atoms with van der Waals surface area (Å²) in [6.45, 7) is 0.539. The lowest BCUT2D eigenvalue weighted by molar-refractivity contribution is 0.0676. The quantitative estimate of drug-likeness (QED) is 0.746. The second-order valence-electron chi connectivity index (χ2n) is 3.45. The van der Waals surface area contributed by atoms with Crippen LogP contribution in [0.4, 0.5) is 0 Å². The van der Waals surface area contributed by atoms with Gasteiger partial charge in [-0.1, -0.05) is 0 Å². The van der Waals surface area contributed by atoms with Crippen molar-refractivity contribution >= 4 is 11.9 Å². The van der Waals surface area contributed by atoms with Gasteiger partial charge >= 0.3 is 11.9 Å². The van der Waals surface area contributed by atoms with Crippen LogP contribution in [0.25, 0.3) is 0 Å². The maximum Gasteiger partial charge on any atom is 0.372 e. The van der Waals surface area contributed by atoms with Gasteiger partial charge in [0.2, 0.25) is 5.82 Å². The number of carboxylic acids is 2. The van der Waals surface area contributed by atoms with Crippen LogP contribution in [0.1, 0.15) is 39.6 Å². The van der Waals surface area contributed by atoms with Crippen molar-refractivity contribution in [3.05, 3.63) is 17.2 Å². The van der Waals surface area contributed by atoms with Crippen molar-refractivity contribution in [3.8, 4) is 0 Å².